The third kappa shape index (κ3) is 2.76. The minimum absolute atomic E-state index is 0.175. The largest absolute Gasteiger partial charge is 0.493 e. The van der Waals surface area contributed by atoms with E-state index >= 15 is 0 Å². The highest BCUT2D eigenvalue weighted by molar-refractivity contribution is 5.48. The lowest BCUT2D eigenvalue weighted by Gasteiger charge is -2.21. The van der Waals surface area contributed by atoms with Gasteiger partial charge in [-0.15, -0.1) is 0 Å². The minimum atomic E-state index is -0.712. The monoisotopic (exact) mass is 251 g/mol. The van der Waals surface area contributed by atoms with Gasteiger partial charge >= 0.3 is 0 Å². The number of hydrogen-bond donors (Lipinski definition) is 2. The molecular weight excluding hydrogens is 230 g/mol. The lowest BCUT2D eigenvalue weighted by atomic mass is 10.1. The quantitative estimate of drug-likeness (QED) is 0.840. The number of benzene rings is 1. The van der Waals surface area contributed by atoms with E-state index in [2.05, 4.69) is 0 Å². The highest BCUT2D eigenvalue weighted by atomic mass is 16.5. The Morgan fingerprint density at radius 2 is 2.11 bits per heavy atom. The summed E-state index contributed by atoms with van der Waals surface area (Å²) in [5.41, 5.74) is 6.24. The van der Waals surface area contributed by atoms with Crippen LogP contribution in [0, 0.1) is 0 Å². The minimum Gasteiger partial charge on any atom is -0.493 e. The summed E-state index contributed by atoms with van der Waals surface area (Å²) >= 11 is 0. The second kappa shape index (κ2) is 6.07. The Bertz CT molecular complexity index is 389. The Morgan fingerprint density at radius 3 is 2.72 bits per heavy atom. The van der Waals surface area contributed by atoms with Gasteiger partial charge in [0.1, 0.15) is 0 Å². The number of para-hydroxylation sites is 1. The molecule has 100 valence electrons. The van der Waals surface area contributed by atoms with Crippen molar-refractivity contribution in [1.82, 2.24) is 0 Å². The summed E-state index contributed by atoms with van der Waals surface area (Å²) in [6.07, 6.45) is 4.05. The van der Waals surface area contributed by atoms with Gasteiger partial charge in [0, 0.05) is 12.1 Å². The van der Waals surface area contributed by atoms with E-state index in [9.17, 15) is 5.11 Å². The Morgan fingerprint density at radius 1 is 1.39 bits per heavy atom. The molecule has 1 aliphatic rings. The van der Waals surface area contributed by atoms with Crippen LogP contribution in [0.15, 0.2) is 18.2 Å². The second-order valence-corrected chi connectivity index (χ2v) is 4.65. The van der Waals surface area contributed by atoms with E-state index in [1.54, 1.807) is 7.11 Å². The van der Waals surface area contributed by atoms with Crippen molar-refractivity contribution in [2.45, 2.75) is 37.9 Å². The summed E-state index contributed by atoms with van der Waals surface area (Å²) < 4.78 is 11.3. The molecule has 0 radical (unpaired) electrons. The van der Waals surface area contributed by atoms with Gasteiger partial charge in [0.05, 0.1) is 19.3 Å². The molecule has 18 heavy (non-hydrogen) atoms. The molecule has 0 aromatic heterocycles. The molecule has 2 rings (SSSR count). The molecule has 0 aliphatic heterocycles. The van der Waals surface area contributed by atoms with E-state index in [-0.39, 0.29) is 12.6 Å². The molecule has 1 unspecified atom stereocenters. The van der Waals surface area contributed by atoms with Gasteiger partial charge < -0.3 is 20.3 Å². The van der Waals surface area contributed by atoms with Crippen molar-refractivity contribution in [3.63, 3.8) is 0 Å². The van der Waals surface area contributed by atoms with Crippen molar-refractivity contribution < 1.29 is 14.6 Å². The highest BCUT2D eigenvalue weighted by Crippen LogP contribution is 2.37. The molecule has 3 N–H and O–H groups in total. The zero-order valence-electron chi connectivity index (χ0n) is 10.8. The number of hydrogen-bond acceptors (Lipinski definition) is 4. The van der Waals surface area contributed by atoms with Crippen LogP contribution in [0.3, 0.4) is 0 Å². The van der Waals surface area contributed by atoms with Crippen molar-refractivity contribution in [1.29, 1.82) is 0 Å². The number of ether oxygens (including phenoxy) is 2. The normalized spacial score (nSPS) is 17.7. The second-order valence-electron chi connectivity index (χ2n) is 4.65. The SMILES string of the molecule is COc1cccc(C(O)CN)c1OC1CCCC1. The fourth-order valence-electron chi connectivity index (χ4n) is 2.38. The molecule has 1 atom stereocenters. The molecule has 0 spiro atoms. The fraction of sp³-hybridized carbons (Fsp3) is 0.571. The standard InChI is InChI=1S/C14H21NO3/c1-17-13-8-4-7-11(12(16)9-15)14(13)18-10-5-2-3-6-10/h4,7-8,10,12,16H,2-3,5-6,9,15H2,1H3. The lowest BCUT2D eigenvalue weighted by molar-refractivity contribution is 0.162. The molecule has 0 amide bonds. The first-order chi connectivity index (χ1) is 8.76. The average molecular weight is 251 g/mol. The number of rotatable bonds is 5. The van der Waals surface area contributed by atoms with Gasteiger partial charge in [-0.25, -0.2) is 0 Å². The van der Waals surface area contributed by atoms with E-state index in [0.29, 0.717) is 17.1 Å². The van der Waals surface area contributed by atoms with Gasteiger partial charge in [-0.2, -0.15) is 0 Å². The van der Waals surface area contributed by atoms with Crippen molar-refractivity contribution in [2.75, 3.05) is 13.7 Å². The summed E-state index contributed by atoms with van der Waals surface area (Å²) in [7, 11) is 1.61. The van der Waals surface area contributed by atoms with E-state index in [1.807, 2.05) is 18.2 Å². The number of nitrogens with two attached hydrogens (primary N) is 1. The summed E-state index contributed by atoms with van der Waals surface area (Å²) in [6.45, 7) is 0.175. The maximum Gasteiger partial charge on any atom is 0.167 e. The highest BCUT2D eigenvalue weighted by Gasteiger charge is 2.22. The molecule has 1 saturated carbocycles. The average Bonchev–Trinajstić information content (AvgIpc) is 2.91. The zero-order chi connectivity index (χ0) is 13.0. The Balaban J connectivity index is 2.27. The van der Waals surface area contributed by atoms with Gasteiger partial charge in [0.15, 0.2) is 11.5 Å². The molecule has 1 aromatic carbocycles. The fourth-order valence-corrected chi connectivity index (χ4v) is 2.38. The Labute approximate surface area is 108 Å². The first kappa shape index (κ1) is 13.2. The van der Waals surface area contributed by atoms with Crippen molar-refractivity contribution >= 4 is 0 Å². The predicted molar refractivity (Wildman–Crippen MR) is 69.9 cm³/mol. The van der Waals surface area contributed by atoms with Gasteiger partial charge in [0.2, 0.25) is 0 Å². The van der Waals surface area contributed by atoms with Crippen LogP contribution in [0.5, 0.6) is 11.5 Å². The summed E-state index contributed by atoms with van der Waals surface area (Å²) in [4.78, 5) is 0. The zero-order valence-corrected chi connectivity index (χ0v) is 10.8. The van der Waals surface area contributed by atoms with Crippen LogP contribution in [0.25, 0.3) is 0 Å². The maximum absolute atomic E-state index is 9.94. The van der Waals surface area contributed by atoms with Crippen LogP contribution >= 0.6 is 0 Å². The van der Waals surface area contributed by atoms with Gasteiger partial charge in [-0.1, -0.05) is 12.1 Å². The third-order valence-electron chi connectivity index (χ3n) is 3.40. The van der Waals surface area contributed by atoms with Gasteiger partial charge in [-0.05, 0) is 31.7 Å². The summed E-state index contributed by atoms with van der Waals surface area (Å²) in [5.74, 6) is 1.30. The lowest BCUT2D eigenvalue weighted by Crippen LogP contribution is -2.17. The summed E-state index contributed by atoms with van der Waals surface area (Å²) in [5, 5.41) is 9.94. The molecule has 0 bridgehead atoms. The van der Waals surface area contributed by atoms with E-state index < -0.39 is 6.10 Å². The van der Waals surface area contributed by atoms with Crippen LogP contribution in [0.2, 0.25) is 0 Å². The molecule has 0 saturated heterocycles. The van der Waals surface area contributed by atoms with Gasteiger partial charge in [0.25, 0.3) is 0 Å². The van der Waals surface area contributed by atoms with Gasteiger partial charge in [-0.3, -0.25) is 0 Å². The van der Waals surface area contributed by atoms with Crippen LogP contribution in [0.1, 0.15) is 37.4 Å². The van der Waals surface area contributed by atoms with Crippen molar-refractivity contribution in [3.8, 4) is 11.5 Å². The molecular formula is C14H21NO3. The van der Waals surface area contributed by atoms with E-state index in [4.69, 9.17) is 15.2 Å². The Kier molecular flexibility index (Phi) is 4.44. The van der Waals surface area contributed by atoms with Crippen molar-refractivity contribution in [2.24, 2.45) is 5.73 Å². The smallest absolute Gasteiger partial charge is 0.167 e. The first-order valence-electron chi connectivity index (χ1n) is 6.48. The molecule has 1 aliphatic carbocycles. The Hall–Kier alpha value is -1.26. The van der Waals surface area contributed by atoms with E-state index in [1.165, 1.54) is 12.8 Å². The molecule has 1 aromatic rings. The first-order valence-corrected chi connectivity index (χ1v) is 6.48. The van der Waals surface area contributed by atoms with Crippen LogP contribution in [-0.2, 0) is 0 Å². The number of aliphatic hydroxyl groups excluding tert-OH is 1. The topological polar surface area (TPSA) is 64.7 Å². The molecule has 4 heteroatoms. The third-order valence-corrected chi connectivity index (χ3v) is 3.40. The van der Waals surface area contributed by atoms with Crippen LogP contribution in [-0.4, -0.2) is 24.9 Å². The molecule has 0 heterocycles. The van der Waals surface area contributed by atoms with Crippen LogP contribution < -0.4 is 15.2 Å². The number of aliphatic hydroxyl groups is 1. The maximum atomic E-state index is 9.94. The summed E-state index contributed by atoms with van der Waals surface area (Å²) in [6, 6.07) is 5.52. The molecule has 1 fully saturated rings. The molecule has 4 nitrogen and oxygen atoms in total. The van der Waals surface area contributed by atoms with Crippen molar-refractivity contribution in [3.05, 3.63) is 23.8 Å². The van der Waals surface area contributed by atoms with E-state index in [0.717, 1.165) is 12.8 Å². The number of methoxy groups -OCH3 is 1. The predicted octanol–water partition coefficient (Wildman–Crippen LogP) is 2.01. The van der Waals surface area contributed by atoms with Crippen LogP contribution in [0.4, 0.5) is 0 Å².